The summed E-state index contributed by atoms with van der Waals surface area (Å²) in [6.07, 6.45) is 5.12. The van der Waals surface area contributed by atoms with Crippen LogP contribution in [0.15, 0.2) is 0 Å². The lowest BCUT2D eigenvalue weighted by atomic mass is 10.2. The lowest BCUT2D eigenvalue weighted by Gasteiger charge is -2.08. The van der Waals surface area contributed by atoms with E-state index in [2.05, 4.69) is 24.3 Å². The summed E-state index contributed by atoms with van der Waals surface area (Å²) in [6, 6.07) is 0. The fourth-order valence-corrected chi connectivity index (χ4v) is 1.27. The number of hydrogen-bond acceptors (Lipinski definition) is 2. The Morgan fingerprint density at radius 2 is 1.93 bits per heavy atom. The maximum atomic E-state index is 11.1. The molecule has 0 aliphatic heterocycles. The molecule has 0 heterocycles. The van der Waals surface area contributed by atoms with Crippen LogP contribution >= 0.6 is 0 Å². The molecule has 84 valence electrons. The van der Waals surface area contributed by atoms with E-state index in [0.717, 1.165) is 25.9 Å². The summed E-state index contributed by atoms with van der Waals surface area (Å²) in [5.74, 6) is 0.195. The maximum absolute atomic E-state index is 11.1. The predicted molar refractivity (Wildman–Crippen MR) is 60.3 cm³/mol. The lowest BCUT2D eigenvalue weighted by molar-refractivity contribution is -0.121. The summed E-state index contributed by atoms with van der Waals surface area (Å²) >= 11 is 0. The molecule has 0 radical (unpaired) electrons. The van der Waals surface area contributed by atoms with E-state index in [4.69, 9.17) is 0 Å². The van der Waals surface area contributed by atoms with Crippen LogP contribution in [0.25, 0.3) is 0 Å². The van der Waals surface area contributed by atoms with Gasteiger partial charge < -0.3 is 10.2 Å². The van der Waals surface area contributed by atoms with Gasteiger partial charge in [-0.05, 0) is 39.9 Å². The van der Waals surface area contributed by atoms with Gasteiger partial charge in [-0.1, -0.05) is 13.3 Å². The van der Waals surface area contributed by atoms with Gasteiger partial charge in [0.05, 0.1) is 0 Å². The van der Waals surface area contributed by atoms with E-state index in [1.165, 1.54) is 12.8 Å². The Morgan fingerprint density at radius 1 is 1.21 bits per heavy atom. The van der Waals surface area contributed by atoms with Crippen molar-refractivity contribution < 1.29 is 4.79 Å². The minimum absolute atomic E-state index is 0.195. The Bertz CT molecular complexity index is 146. The van der Waals surface area contributed by atoms with Crippen molar-refractivity contribution in [1.29, 1.82) is 0 Å². The molecule has 0 fully saturated rings. The molecule has 1 N–H and O–H groups in total. The number of carbonyl (C=O) groups is 1. The average Bonchev–Trinajstić information content (AvgIpc) is 2.11. The van der Waals surface area contributed by atoms with Crippen molar-refractivity contribution in [3.63, 3.8) is 0 Å². The van der Waals surface area contributed by atoms with Gasteiger partial charge in [0.25, 0.3) is 0 Å². The summed E-state index contributed by atoms with van der Waals surface area (Å²) in [5, 5.41) is 2.92. The quantitative estimate of drug-likeness (QED) is 0.604. The third-order valence-electron chi connectivity index (χ3n) is 2.08. The van der Waals surface area contributed by atoms with Crippen LogP contribution in [-0.2, 0) is 4.79 Å². The van der Waals surface area contributed by atoms with Crippen molar-refractivity contribution >= 4 is 5.91 Å². The Kier molecular flexibility index (Phi) is 8.64. The van der Waals surface area contributed by atoms with Crippen molar-refractivity contribution in [2.24, 2.45) is 0 Å². The van der Waals surface area contributed by atoms with Gasteiger partial charge in [0.15, 0.2) is 0 Å². The lowest BCUT2D eigenvalue weighted by Crippen LogP contribution is -2.24. The standard InChI is InChI=1S/C11H24N2O/c1-4-8-11(14)12-9-6-5-7-10-13(2)3/h4-10H2,1-3H3,(H,12,14). The smallest absolute Gasteiger partial charge is 0.219 e. The predicted octanol–water partition coefficient (Wildman–Crippen LogP) is 1.63. The molecule has 0 aromatic heterocycles. The zero-order valence-corrected chi connectivity index (χ0v) is 9.81. The minimum Gasteiger partial charge on any atom is -0.356 e. The summed E-state index contributed by atoms with van der Waals surface area (Å²) in [5.41, 5.74) is 0. The molecule has 1 amide bonds. The first-order valence-corrected chi connectivity index (χ1v) is 5.58. The van der Waals surface area contributed by atoms with Crippen LogP contribution in [-0.4, -0.2) is 38.0 Å². The van der Waals surface area contributed by atoms with E-state index >= 15 is 0 Å². The molecule has 0 bridgehead atoms. The number of unbranched alkanes of at least 4 members (excludes halogenated alkanes) is 2. The first-order chi connectivity index (χ1) is 6.66. The molecule has 0 saturated carbocycles. The minimum atomic E-state index is 0.195. The van der Waals surface area contributed by atoms with Crippen molar-refractivity contribution in [1.82, 2.24) is 10.2 Å². The number of carbonyl (C=O) groups excluding carboxylic acids is 1. The van der Waals surface area contributed by atoms with Crippen LogP contribution < -0.4 is 5.32 Å². The summed E-state index contributed by atoms with van der Waals surface area (Å²) in [4.78, 5) is 13.3. The second kappa shape index (κ2) is 9.00. The Morgan fingerprint density at radius 3 is 2.50 bits per heavy atom. The largest absolute Gasteiger partial charge is 0.356 e. The molecule has 0 aliphatic carbocycles. The van der Waals surface area contributed by atoms with E-state index in [-0.39, 0.29) is 5.91 Å². The second-order valence-electron chi connectivity index (χ2n) is 3.96. The fourth-order valence-electron chi connectivity index (χ4n) is 1.27. The highest BCUT2D eigenvalue weighted by atomic mass is 16.1. The molecule has 0 aliphatic rings. The van der Waals surface area contributed by atoms with E-state index in [1.807, 2.05) is 6.92 Å². The molecule has 0 rings (SSSR count). The molecule has 0 saturated heterocycles. The molecular weight excluding hydrogens is 176 g/mol. The zero-order valence-electron chi connectivity index (χ0n) is 9.81. The molecule has 0 aromatic rings. The van der Waals surface area contributed by atoms with Crippen LogP contribution in [0.3, 0.4) is 0 Å². The van der Waals surface area contributed by atoms with E-state index < -0.39 is 0 Å². The Balaban J connectivity index is 3.09. The SMILES string of the molecule is CCCC(=O)NCCCCCN(C)C. The highest BCUT2D eigenvalue weighted by Crippen LogP contribution is 1.95. The number of nitrogens with one attached hydrogen (secondary N) is 1. The molecular formula is C11H24N2O. The molecule has 0 spiro atoms. The molecule has 14 heavy (non-hydrogen) atoms. The molecule has 3 heteroatoms. The highest BCUT2D eigenvalue weighted by molar-refractivity contribution is 5.75. The van der Waals surface area contributed by atoms with Gasteiger partial charge in [-0.15, -0.1) is 0 Å². The third kappa shape index (κ3) is 9.52. The molecule has 0 atom stereocenters. The van der Waals surface area contributed by atoms with Gasteiger partial charge in [-0.3, -0.25) is 4.79 Å². The van der Waals surface area contributed by atoms with E-state index in [0.29, 0.717) is 6.42 Å². The van der Waals surface area contributed by atoms with Crippen LogP contribution in [0.4, 0.5) is 0 Å². The van der Waals surface area contributed by atoms with Crippen molar-refractivity contribution in [3.8, 4) is 0 Å². The fraction of sp³-hybridized carbons (Fsp3) is 0.909. The first kappa shape index (κ1) is 13.4. The Labute approximate surface area is 87.9 Å². The van der Waals surface area contributed by atoms with Crippen LogP contribution in [0.2, 0.25) is 0 Å². The average molecular weight is 200 g/mol. The molecule has 3 nitrogen and oxygen atoms in total. The molecule has 0 unspecified atom stereocenters. The maximum Gasteiger partial charge on any atom is 0.219 e. The van der Waals surface area contributed by atoms with Gasteiger partial charge in [0, 0.05) is 13.0 Å². The zero-order chi connectivity index (χ0) is 10.8. The Hall–Kier alpha value is -0.570. The van der Waals surface area contributed by atoms with E-state index in [1.54, 1.807) is 0 Å². The van der Waals surface area contributed by atoms with E-state index in [9.17, 15) is 4.79 Å². The number of rotatable bonds is 8. The molecule has 0 aromatic carbocycles. The van der Waals surface area contributed by atoms with Gasteiger partial charge in [0.1, 0.15) is 0 Å². The number of hydrogen-bond donors (Lipinski definition) is 1. The highest BCUT2D eigenvalue weighted by Gasteiger charge is 1.97. The summed E-state index contributed by atoms with van der Waals surface area (Å²) in [7, 11) is 4.17. The van der Waals surface area contributed by atoms with Crippen LogP contribution in [0, 0.1) is 0 Å². The summed E-state index contributed by atoms with van der Waals surface area (Å²) < 4.78 is 0. The van der Waals surface area contributed by atoms with Crippen LogP contribution in [0.5, 0.6) is 0 Å². The van der Waals surface area contributed by atoms with Crippen molar-refractivity contribution in [2.75, 3.05) is 27.2 Å². The normalized spacial score (nSPS) is 10.6. The number of nitrogens with zero attached hydrogens (tertiary/aromatic N) is 1. The van der Waals surface area contributed by atoms with Gasteiger partial charge in [0.2, 0.25) is 5.91 Å². The summed E-state index contributed by atoms with van der Waals surface area (Å²) in [6.45, 7) is 4.01. The van der Waals surface area contributed by atoms with Crippen molar-refractivity contribution in [2.45, 2.75) is 39.0 Å². The third-order valence-corrected chi connectivity index (χ3v) is 2.08. The van der Waals surface area contributed by atoms with Gasteiger partial charge >= 0.3 is 0 Å². The second-order valence-corrected chi connectivity index (χ2v) is 3.96. The number of amides is 1. The topological polar surface area (TPSA) is 32.3 Å². The first-order valence-electron chi connectivity index (χ1n) is 5.58. The van der Waals surface area contributed by atoms with Crippen molar-refractivity contribution in [3.05, 3.63) is 0 Å². The monoisotopic (exact) mass is 200 g/mol. The van der Waals surface area contributed by atoms with Gasteiger partial charge in [-0.2, -0.15) is 0 Å². The van der Waals surface area contributed by atoms with Crippen LogP contribution in [0.1, 0.15) is 39.0 Å². The van der Waals surface area contributed by atoms with Gasteiger partial charge in [-0.25, -0.2) is 0 Å².